The lowest BCUT2D eigenvalue weighted by atomic mass is 9.93. The van der Waals surface area contributed by atoms with Crippen molar-refractivity contribution in [2.45, 2.75) is 25.6 Å². The van der Waals surface area contributed by atoms with Crippen molar-refractivity contribution in [1.29, 1.82) is 0 Å². The summed E-state index contributed by atoms with van der Waals surface area (Å²) in [5, 5.41) is 13.8. The van der Waals surface area contributed by atoms with Crippen LogP contribution in [0, 0.1) is 11.8 Å². The minimum Gasteiger partial charge on any atom is -0.409 e. The number of hydrogen-bond acceptors (Lipinski definition) is 4. The molecular weight excluding hydrogens is 261 g/mol. The molecule has 0 aromatic carbocycles. The molecule has 112 valence electrons. The van der Waals surface area contributed by atoms with Crippen LogP contribution in [0.1, 0.15) is 13.3 Å². The van der Waals surface area contributed by atoms with Gasteiger partial charge in [0.2, 0.25) is 0 Å². The van der Waals surface area contributed by atoms with Gasteiger partial charge in [0.25, 0.3) is 0 Å². The fourth-order valence-electron chi connectivity index (χ4n) is 2.38. The van der Waals surface area contributed by atoms with Crippen LogP contribution in [0.2, 0.25) is 0 Å². The second-order valence-electron chi connectivity index (χ2n) is 5.16. The van der Waals surface area contributed by atoms with E-state index in [4.69, 9.17) is 10.9 Å². The average Bonchev–Trinajstić information content (AvgIpc) is 2.29. The maximum atomic E-state index is 12.8. The first-order chi connectivity index (χ1) is 8.75. The summed E-state index contributed by atoms with van der Waals surface area (Å²) in [5.74, 6) is -2.50. The van der Waals surface area contributed by atoms with E-state index in [0.29, 0.717) is 0 Å². The Bertz CT molecular complexity index is 322. The van der Waals surface area contributed by atoms with Crippen molar-refractivity contribution in [3.8, 4) is 0 Å². The number of oxime groups is 1. The fourth-order valence-corrected chi connectivity index (χ4v) is 2.38. The van der Waals surface area contributed by atoms with Crippen LogP contribution in [0.25, 0.3) is 0 Å². The number of nitrogens with two attached hydrogens (primary N) is 1. The molecule has 3 atom stereocenters. The highest BCUT2D eigenvalue weighted by molar-refractivity contribution is 5.83. The fraction of sp³-hybridized carbons (Fsp3) is 0.909. The van der Waals surface area contributed by atoms with Crippen LogP contribution in [0.3, 0.4) is 0 Å². The molecule has 0 saturated carbocycles. The van der Waals surface area contributed by atoms with E-state index in [1.54, 1.807) is 0 Å². The smallest absolute Gasteiger partial charge is 0.400 e. The van der Waals surface area contributed by atoms with E-state index in [9.17, 15) is 13.2 Å². The van der Waals surface area contributed by atoms with Crippen LogP contribution < -0.4 is 11.1 Å². The first kappa shape index (κ1) is 16.0. The average molecular weight is 282 g/mol. The first-order valence-corrected chi connectivity index (χ1v) is 6.21. The predicted molar refractivity (Wildman–Crippen MR) is 66.0 cm³/mol. The Labute approximate surface area is 110 Å². The number of piperidine rings is 1. The van der Waals surface area contributed by atoms with E-state index in [-0.39, 0.29) is 18.5 Å². The molecule has 1 aliphatic rings. The summed E-state index contributed by atoms with van der Waals surface area (Å²) in [6.45, 7) is 3.33. The minimum absolute atomic E-state index is 0.0209. The molecule has 0 spiro atoms. The number of nitrogens with one attached hydrogen (secondary N) is 1. The quantitative estimate of drug-likeness (QED) is 0.309. The van der Waals surface area contributed by atoms with Gasteiger partial charge in [0, 0.05) is 19.1 Å². The van der Waals surface area contributed by atoms with Gasteiger partial charge in [-0.15, -0.1) is 0 Å². The van der Waals surface area contributed by atoms with Gasteiger partial charge < -0.3 is 21.2 Å². The molecule has 0 bridgehead atoms. The lowest BCUT2D eigenvalue weighted by Crippen LogP contribution is -2.51. The molecule has 5 nitrogen and oxygen atoms in total. The largest absolute Gasteiger partial charge is 0.409 e. The molecule has 19 heavy (non-hydrogen) atoms. The highest BCUT2D eigenvalue weighted by atomic mass is 19.4. The van der Waals surface area contributed by atoms with Gasteiger partial charge in [0.1, 0.15) is 5.92 Å². The zero-order valence-electron chi connectivity index (χ0n) is 11.1. The molecule has 1 saturated heterocycles. The molecule has 0 aliphatic carbocycles. The van der Waals surface area contributed by atoms with Crippen molar-refractivity contribution < 1.29 is 18.4 Å². The summed E-state index contributed by atoms with van der Waals surface area (Å²) in [7, 11) is 1.99. The summed E-state index contributed by atoms with van der Waals surface area (Å²) < 4.78 is 38.3. The summed E-state index contributed by atoms with van der Waals surface area (Å²) in [6, 6.07) is 0.0209. The van der Waals surface area contributed by atoms with E-state index < -0.39 is 17.9 Å². The zero-order valence-corrected chi connectivity index (χ0v) is 11.1. The van der Waals surface area contributed by atoms with Gasteiger partial charge in [0.05, 0.1) is 0 Å². The molecular formula is C11H21F3N4O. The molecule has 0 aromatic rings. The van der Waals surface area contributed by atoms with Gasteiger partial charge in [-0.2, -0.15) is 13.2 Å². The van der Waals surface area contributed by atoms with E-state index in [0.717, 1.165) is 19.5 Å². The van der Waals surface area contributed by atoms with Crippen molar-refractivity contribution in [3.05, 3.63) is 0 Å². The lowest BCUT2D eigenvalue weighted by Gasteiger charge is -2.36. The SMILES string of the molecule is CC1CN(C)CCC1NCC(C(N)=NO)C(F)(F)F. The highest BCUT2D eigenvalue weighted by Crippen LogP contribution is 2.26. The van der Waals surface area contributed by atoms with Crippen LogP contribution in [0.4, 0.5) is 13.2 Å². The van der Waals surface area contributed by atoms with Gasteiger partial charge in [0.15, 0.2) is 5.84 Å². The maximum Gasteiger partial charge on any atom is 0.400 e. The highest BCUT2D eigenvalue weighted by Gasteiger charge is 2.43. The topological polar surface area (TPSA) is 73.9 Å². The normalized spacial score (nSPS) is 28.4. The van der Waals surface area contributed by atoms with Gasteiger partial charge in [-0.25, -0.2) is 0 Å². The molecule has 1 heterocycles. The van der Waals surface area contributed by atoms with Crippen LogP contribution in [-0.4, -0.2) is 54.8 Å². The molecule has 1 fully saturated rings. The van der Waals surface area contributed by atoms with Crippen molar-refractivity contribution in [3.63, 3.8) is 0 Å². The van der Waals surface area contributed by atoms with Crippen molar-refractivity contribution >= 4 is 5.84 Å². The lowest BCUT2D eigenvalue weighted by molar-refractivity contribution is -0.155. The van der Waals surface area contributed by atoms with Crippen molar-refractivity contribution in [2.75, 3.05) is 26.7 Å². The van der Waals surface area contributed by atoms with Gasteiger partial charge >= 0.3 is 6.18 Å². The predicted octanol–water partition coefficient (Wildman–Crippen LogP) is 0.841. The second-order valence-corrected chi connectivity index (χ2v) is 5.16. The van der Waals surface area contributed by atoms with Gasteiger partial charge in [-0.05, 0) is 25.9 Å². The summed E-state index contributed by atoms with van der Waals surface area (Å²) in [4.78, 5) is 2.15. The van der Waals surface area contributed by atoms with Crippen molar-refractivity contribution in [1.82, 2.24) is 10.2 Å². The van der Waals surface area contributed by atoms with Gasteiger partial charge in [-0.3, -0.25) is 0 Å². The monoisotopic (exact) mass is 282 g/mol. The maximum absolute atomic E-state index is 12.8. The van der Waals surface area contributed by atoms with Crippen LogP contribution in [0.15, 0.2) is 5.16 Å². The molecule has 4 N–H and O–H groups in total. The van der Waals surface area contributed by atoms with E-state index >= 15 is 0 Å². The first-order valence-electron chi connectivity index (χ1n) is 6.21. The number of alkyl halides is 3. The number of amidine groups is 1. The summed E-state index contributed by atoms with van der Waals surface area (Å²) >= 11 is 0. The van der Waals surface area contributed by atoms with Gasteiger partial charge in [-0.1, -0.05) is 12.1 Å². The molecule has 1 aliphatic heterocycles. The molecule has 0 aromatic heterocycles. The van der Waals surface area contributed by atoms with Crippen LogP contribution in [-0.2, 0) is 0 Å². The van der Waals surface area contributed by atoms with Crippen molar-refractivity contribution in [2.24, 2.45) is 22.7 Å². The third kappa shape index (κ3) is 4.54. The number of rotatable bonds is 4. The standard InChI is InChI=1S/C11H21F3N4O/c1-7-6-18(2)4-3-9(7)16-5-8(10(15)17-19)11(12,13)14/h7-9,16,19H,3-6H2,1-2H3,(H2,15,17). The second kappa shape index (κ2) is 6.42. The molecule has 1 rings (SSSR count). The number of nitrogens with zero attached hydrogens (tertiary/aromatic N) is 2. The number of halogens is 3. The Balaban J connectivity index is 2.57. The van der Waals surface area contributed by atoms with E-state index in [2.05, 4.69) is 15.4 Å². The number of likely N-dealkylation sites (tertiary alicyclic amines) is 1. The number of hydrogen-bond donors (Lipinski definition) is 3. The third-order valence-electron chi connectivity index (χ3n) is 3.56. The Morgan fingerprint density at radius 2 is 2.21 bits per heavy atom. The summed E-state index contributed by atoms with van der Waals surface area (Å²) in [5.41, 5.74) is 5.11. The summed E-state index contributed by atoms with van der Waals surface area (Å²) in [6.07, 6.45) is -3.73. The third-order valence-corrected chi connectivity index (χ3v) is 3.56. The molecule has 0 amide bonds. The van der Waals surface area contributed by atoms with E-state index in [1.807, 2.05) is 14.0 Å². The molecule has 8 heteroatoms. The molecule has 3 unspecified atom stereocenters. The zero-order chi connectivity index (χ0) is 14.6. The Hall–Kier alpha value is -1.02. The Morgan fingerprint density at radius 3 is 2.68 bits per heavy atom. The van der Waals surface area contributed by atoms with E-state index in [1.165, 1.54) is 0 Å². The Morgan fingerprint density at radius 1 is 1.58 bits per heavy atom. The van der Waals surface area contributed by atoms with Crippen LogP contribution >= 0.6 is 0 Å². The Kier molecular flexibility index (Phi) is 5.42. The molecule has 0 radical (unpaired) electrons. The minimum atomic E-state index is -4.52. The van der Waals surface area contributed by atoms with Crippen LogP contribution in [0.5, 0.6) is 0 Å².